The standard InChI is InChI=1S/C17H17N3O2/c1-3-12-19(13-4-2)17(22)15-10-11-16(21)20(18-15)14-8-6-5-7-9-14/h3-11H,1-2,12-13H2. The zero-order valence-corrected chi connectivity index (χ0v) is 12.2. The van der Waals surface area contributed by atoms with Crippen LogP contribution in [-0.4, -0.2) is 33.7 Å². The molecule has 0 fully saturated rings. The highest BCUT2D eigenvalue weighted by Gasteiger charge is 2.16. The van der Waals surface area contributed by atoms with Gasteiger partial charge in [-0.2, -0.15) is 9.78 Å². The van der Waals surface area contributed by atoms with Gasteiger partial charge in [0.05, 0.1) is 5.69 Å². The fourth-order valence-corrected chi connectivity index (χ4v) is 1.99. The number of hydrogen-bond acceptors (Lipinski definition) is 3. The number of nitrogens with zero attached hydrogens (tertiary/aromatic N) is 3. The molecule has 0 aliphatic carbocycles. The maximum Gasteiger partial charge on any atom is 0.274 e. The normalized spacial score (nSPS) is 10.0. The van der Waals surface area contributed by atoms with Crippen LogP contribution in [0, 0.1) is 0 Å². The SMILES string of the molecule is C=CCN(CC=C)C(=O)c1ccc(=O)n(-c2ccccc2)n1. The molecule has 0 spiro atoms. The molecule has 0 N–H and O–H groups in total. The van der Waals surface area contributed by atoms with E-state index in [1.165, 1.54) is 16.8 Å². The van der Waals surface area contributed by atoms with Crippen LogP contribution >= 0.6 is 0 Å². The van der Waals surface area contributed by atoms with Crippen LogP contribution in [0.5, 0.6) is 0 Å². The van der Waals surface area contributed by atoms with Gasteiger partial charge in [-0.1, -0.05) is 30.4 Å². The molecule has 0 atom stereocenters. The molecule has 0 unspecified atom stereocenters. The van der Waals surface area contributed by atoms with Gasteiger partial charge in [-0.3, -0.25) is 9.59 Å². The first-order valence-corrected chi connectivity index (χ1v) is 6.84. The molecule has 1 aromatic heterocycles. The van der Waals surface area contributed by atoms with Gasteiger partial charge in [0.15, 0.2) is 0 Å². The second-order valence-corrected chi connectivity index (χ2v) is 4.59. The van der Waals surface area contributed by atoms with Crippen molar-refractivity contribution in [2.75, 3.05) is 13.1 Å². The Morgan fingerprint density at radius 1 is 1.09 bits per heavy atom. The fourth-order valence-electron chi connectivity index (χ4n) is 1.99. The number of para-hydroxylation sites is 1. The van der Waals surface area contributed by atoms with Gasteiger partial charge in [-0.05, 0) is 18.2 Å². The van der Waals surface area contributed by atoms with Crippen molar-refractivity contribution in [1.82, 2.24) is 14.7 Å². The van der Waals surface area contributed by atoms with Crippen LogP contribution < -0.4 is 5.56 Å². The highest BCUT2D eigenvalue weighted by atomic mass is 16.2. The first kappa shape index (κ1) is 15.4. The average molecular weight is 295 g/mol. The molecule has 5 heteroatoms. The minimum atomic E-state index is -0.290. The Bertz CT molecular complexity index is 725. The molecule has 0 aliphatic rings. The molecule has 0 saturated heterocycles. The molecule has 1 heterocycles. The Labute approximate surface area is 128 Å². The summed E-state index contributed by atoms with van der Waals surface area (Å²) < 4.78 is 1.22. The van der Waals surface area contributed by atoms with Gasteiger partial charge in [0.2, 0.25) is 0 Å². The van der Waals surface area contributed by atoms with Gasteiger partial charge in [-0.25, -0.2) is 0 Å². The smallest absolute Gasteiger partial charge is 0.274 e. The number of aromatic nitrogens is 2. The van der Waals surface area contributed by atoms with Crippen molar-refractivity contribution in [2.45, 2.75) is 0 Å². The van der Waals surface area contributed by atoms with E-state index in [0.717, 1.165) is 0 Å². The molecule has 2 aromatic rings. The topological polar surface area (TPSA) is 55.2 Å². The van der Waals surface area contributed by atoms with E-state index in [0.29, 0.717) is 18.8 Å². The summed E-state index contributed by atoms with van der Waals surface area (Å²) in [5.74, 6) is -0.274. The summed E-state index contributed by atoms with van der Waals surface area (Å²) in [6.07, 6.45) is 3.27. The second kappa shape index (κ2) is 7.17. The quantitative estimate of drug-likeness (QED) is 0.766. The third kappa shape index (κ3) is 3.38. The Balaban J connectivity index is 2.40. The van der Waals surface area contributed by atoms with Gasteiger partial charge in [-0.15, -0.1) is 13.2 Å². The number of benzene rings is 1. The second-order valence-electron chi connectivity index (χ2n) is 4.59. The number of rotatable bonds is 6. The Kier molecular flexibility index (Phi) is 5.03. The van der Waals surface area contributed by atoms with Crippen molar-refractivity contribution in [1.29, 1.82) is 0 Å². The van der Waals surface area contributed by atoms with Crippen molar-refractivity contribution in [2.24, 2.45) is 0 Å². The Morgan fingerprint density at radius 3 is 2.32 bits per heavy atom. The molecule has 2 rings (SSSR count). The van der Waals surface area contributed by atoms with Crippen molar-refractivity contribution >= 4 is 5.91 Å². The summed E-state index contributed by atoms with van der Waals surface area (Å²) in [7, 11) is 0. The van der Waals surface area contributed by atoms with Crippen LogP contribution in [0.25, 0.3) is 5.69 Å². The molecule has 0 aliphatic heterocycles. The monoisotopic (exact) mass is 295 g/mol. The lowest BCUT2D eigenvalue weighted by atomic mass is 10.3. The molecule has 5 nitrogen and oxygen atoms in total. The maximum absolute atomic E-state index is 12.5. The lowest BCUT2D eigenvalue weighted by Crippen LogP contribution is -2.34. The van der Waals surface area contributed by atoms with E-state index < -0.39 is 0 Å². The summed E-state index contributed by atoms with van der Waals surface area (Å²) >= 11 is 0. The number of amides is 1. The van der Waals surface area contributed by atoms with Crippen molar-refractivity contribution in [3.8, 4) is 5.69 Å². The first-order valence-electron chi connectivity index (χ1n) is 6.84. The molecular weight excluding hydrogens is 278 g/mol. The molecule has 1 amide bonds. The molecule has 22 heavy (non-hydrogen) atoms. The summed E-state index contributed by atoms with van der Waals surface area (Å²) in [5, 5.41) is 4.17. The van der Waals surface area contributed by atoms with Crippen LogP contribution in [0.1, 0.15) is 10.5 Å². The van der Waals surface area contributed by atoms with Gasteiger partial charge < -0.3 is 4.90 Å². The van der Waals surface area contributed by atoms with Crippen molar-refractivity contribution < 1.29 is 4.79 Å². The zero-order valence-electron chi connectivity index (χ0n) is 12.2. The molecular formula is C17H17N3O2. The maximum atomic E-state index is 12.5. The lowest BCUT2D eigenvalue weighted by molar-refractivity contribution is 0.0783. The minimum absolute atomic E-state index is 0.201. The van der Waals surface area contributed by atoms with Crippen LogP contribution in [0.3, 0.4) is 0 Å². The molecule has 1 aromatic carbocycles. The Morgan fingerprint density at radius 2 is 1.73 bits per heavy atom. The zero-order chi connectivity index (χ0) is 15.9. The van der Waals surface area contributed by atoms with E-state index in [1.807, 2.05) is 6.07 Å². The van der Waals surface area contributed by atoms with Crippen molar-refractivity contribution in [3.05, 3.63) is 83.8 Å². The first-order chi connectivity index (χ1) is 10.7. The largest absolute Gasteiger partial charge is 0.330 e. The summed E-state index contributed by atoms with van der Waals surface area (Å²) in [5.41, 5.74) is 0.523. The summed E-state index contributed by atoms with van der Waals surface area (Å²) in [6.45, 7) is 8.04. The van der Waals surface area contributed by atoms with Gasteiger partial charge in [0, 0.05) is 19.2 Å². The summed E-state index contributed by atoms with van der Waals surface area (Å²) in [6, 6.07) is 11.7. The fraction of sp³-hybridized carbons (Fsp3) is 0.118. The number of carbonyl (C=O) groups excluding carboxylic acids is 1. The van der Waals surface area contributed by atoms with E-state index in [1.54, 1.807) is 41.3 Å². The van der Waals surface area contributed by atoms with Gasteiger partial charge in [0.1, 0.15) is 5.69 Å². The lowest BCUT2D eigenvalue weighted by Gasteiger charge is -2.18. The van der Waals surface area contributed by atoms with Crippen LogP contribution in [0.15, 0.2) is 72.6 Å². The van der Waals surface area contributed by atoms with E-state index in [4.69, 9.17) is 0 Å². The highest BCUT2D eigenvalue weighted by molar-refractivity contribution is 5.92. The average Bonchev–Trinajstić information content (AvgIpc) is 2.55. The molecule has 0 saturated carbocycles. The number of hydrogen-bond donors (Lipinski definition) is 0. The van der Waals surface area contributed by atoms with Gasteiger partial charge >= 0.3 is 0 Å². The predicted molar refractivity (Wildman–Crippen MR) is 86.1 cm³/mol. The highest BCUT2D eigenvalue weighted by Crippen LogP contribution is 2.05. The van der Waals surface area contributed by atoms with Crippen LogP contribution in [0.2, 0.25) is 0 Å². The van der Waals surface area contributed by atoms with Gasteiger partial charge in [0.25, 0.3) is 11.5 Å². The molecule has 0 bridgehead atoms. The van der Waals surface area contributed by atoms with E-state index in [-0.39, 0.29) is 17.2 Å². The van der Waals surface area contributed by atoms with E-state index in [9.17, 15) is 9.59 Å². The van der Waals surface area contributed by atoms with Crippen molar-refractivity contribution in [3.63, 3.8) is 0 Å². The third-order valence-corrected chi connectivity index (χ3v) is 3.01. The van der Waals surface area contributed by atoms with E-state index >= 15 is 0 Å². The molecule has 0 radical (unpaired) electrons. The minimum Gasteiger partial charge on any atom is -0.330 e. The van der Waals surface area contributed by atoms with Crippen LogP contribution in [0.4, 0.5) is 0 Å². The third-order valence-electron chi connectivity index (χ3n) is 3.01. The predicted octanol–water partition coefficient (Wildman–Crippen LogP) is 2.05. The summed E-state index contributed by atoms with van der Waals surface area (Å²) in [4.78, 5) is 26.0. The Hall–Kier alpha value is -2.95. The molecule has 112 valence electrons. The van der Waals surface area contributed by atoms with E-state index in [2.05, 4.69) is 18.3 Å². The number of carbonyl (C=O) groups is 1. The van der Waals surface area contributed by atoms with Crippen LogP contribution in [-0.2, 0) is 0 Å².